The summed E-state index contributed by atoms with van der Waals surface area (Å²) in [7, 11) is -2.85. The lowest BCUT2D eigenvalue weighted by atomic mass is 9.96. The van der Waals surface area contributed by atoms with E-state index in [0.717, 1.165) is 16.9 Å². The second-order valence-electron chi connectivity index (χ2n) is 7.72. The molecule has 2 heterocycles. The van der Waals surface area contributed by atoms with Crippen molar-refractivity contribution in [3.8, 4) is 16.9 Å². The smallest absolute Gasteiger partial charge is 0.151 e. The van der Waals surface area contributed by atoms with Crippen molar-refractivity contribution in [3.05, 3.63) is 52.9 Å². The summed E-state index contributed by atoms with van der Waals surface area (Å²) in [5.74, 6) is 1.70. The number of aryl methyl sites for hydroxylation is 1. The van der Waals surface area contributed by atoms with Crippen LogP contribution in [0.25, 0.3) is 21.2 Å². The summed E-state index contributed by atoms with van der Waals surface area (Å²) in [6, 6.07) is 12.4. The van der Waals surface area contributed by atoms with Gasteiger partial charge in [0.1, 0.15) is 5.75 Å². The SMILES string of the molecule is Cc1cc(OCC2(C)CS(=O)(=O)C2)ccc1-c1csc2ccc(CCl)cc12. The molecule has 0 saturated carbocycles. The van der Waals surface area contributed by atoms with Gasteiger partial charge in [0.15, 0.2) is 9.84 Å². The highest BCUT2D eigenvalue weighted by Gasteiger charge is 2.45. The van der Waals surface area contributed by atoms with Crippen molar-refractivity contribution in [1.82, 2.24) is 0 Å². The van der Waals surface area contributed by atoms with Crippen LogP contribution in [0.15, 0.2) is 41.8 Å². The number of benzene rings is 2. The molecule has 6 heteroatoms. The number of thiophene rings is 1. The second-order valence-corrected chi connectivity index (χ2v) is 11.0. The Bertz CT molecular complexity index is 1100. The van der Waals surface area contributed by atoms with Gasteiger partial charge >= 0.3 is 0 Å². The van der Waals surface area contributed by atoms with Gasteiger partial charge in [-0.1, -0.05) is 19.1 Å². The summed E-state index contributed by atoms with van der Waals surface area (Å²) >= 11 is 7.73. The van der Waals surface area contributed by atoms with Gasteiger partial charge in [0.05, 0.1) is 18.1 Å². The zero-order valence-corrected chi connectivity index (χ0v) is 17.7. The molecule has 0 aliphatic carbocycles. The molecule has 3 aromatic rings. The Labute approximate surface area is 168 Å². The molecular weight excluding hydrogens is 400 g/mol. The number of sulfone groups is 1. The van der Waals surface area contributed by atoms with E-state index in [2.05, 4.69) is 36.6 Å². The molecule has 0 amide bonds. The van der Waals surface area contributed by atoms with Gasteiger partial charge < -0.3 is 4.74 Å². The molecule has 4 rings (SSSR count). The number of ether oxygens (including phenoxy) is 1. The molecule has 0 N–H and O–H groups in total. The van der Waals surface area contributed by atoms with Gasteiger partial charge in [-0.15, -0.1) is 22.9 Å². The molecule has 27 heavy (non-hydrogen) atoms. The van der Waals surface area contributed by atoms with Gasteiger partial charge in [-0.2, -0.15) is 0 Å². The van der Waals surface area contributed by atoms with Crippen molar-refractivity contribution in [1.29, 1.82) is 0 Å². The van der Waals surface area contributed by atoms with Gasteiger partial charge in [-0.05, 0) is 53.3 Å². The second kappa shape index (κ2) is 6.80. The van der Waals surface area contributed by atoms with Crippen LogP contribution in [0.3, 0.4) is 0 Å². The first-order valence-electron chi connectivity index (χ1n) is 8.79. The third-order valence-corrected chi connectivity index (χ3v) is 8.55. The van der Waals surface area contributed by atoms with Crippen molar-refractivity contribution in [3.63, 3.8) is 0 Å². The highest BCUT2D eigenvalue weighted by atomic mass is 35.5. The van der Waals surface area contributed by atoms with Crippen LogP contribution in [0.2, 0.25) is 0 Å². The fourth-order valence-electron chi connectivity index (χ4n) is 3.76. The summed E-state index contributed by atoms with van der Waals surface area (Å²) in [6.07, 6.45) is 0. The molecule has 0 unspecified atom stereocenters. The third kappa shape index (κ3) is 3.73. The summed E-state index contributed by atoms with van der Waals surface area (Å²) in [4.78, 5) is 0. The fourth-order valence-corrected chi connectivity index (χ4v) is 7.07. The number of rotatable bonds is 5. The fraction of sp³-hybridized carbons (Fsp3) is 0.333. The predicted molar refractivity (Wildman–Crippen MR) is 114 cm³/mol. The van der Waals surface area contributed by atoms with E-state index in [1.165, 1.54) is 21.2 Å². The van der Waals surface area contributed by atoms with Crippen molar-refractivity contribution in [2.45, 2.75) is 19.7 Å². The maximum atomic E-state index is 11.4. The van der Waals surface area contributed by atoms with Gasteiger partial charge in [0, 0.05) is 26.9 Å². The van der Waals surface area contributed by atoms with Crippen LogP contribution in [0.4, 0.5) is 0 Å². The maximum absolute atomic E-state index is 11.4. The zero-order chi connectivity index (χ0) is 19.2. The first-order chi connectivity index (χ1) is 12.8. The lowest BCUT2D eigenvalue weighted by Gasteiger charge is -2.37. The number of hydrogen-bond acceptors (Lipinski definition) is 4. The average Bonchev–Trinajstić information content (AvgIpc) is 3.01. The largest absolute Gasteiger partial charge is 0.493 e. The third-order valence-electron chi connectivity index (χ3n) is 5.00. The van der Waals surface area contributed by atoms with Crippen molar-refractivity contribution >= 4 is 42.9 Å². The average molecular weight is 421 g/mol. The monoisotopic (exact) mass is 420 g/mol. The molecule has 3 nitrogen and oxygen atoms in total. The molecule has 0 bridgehead atoms. The first kappa shape index (κ1) is 18.8. The highest BCUT2D eigenvalue weighted by Crippen LogP contribution is 2.38. The lowest BCUT2D eigenvalue weighted by Crippen LogP contribution is -2.50. The molecule has 1 aliphatic heterocycles. The van der Waals surface area contributed by atoms with Crippen LogP contribution in [0, 0.1) is 12.3 Å². The van der Waals surface area contributed by atoms with E-state index in [4.69, 9.17) is 16.3 Å². The van der Waals surface area contributed by atoms with E-state index in [1.54, 1.807) is 11.3 Å². The number of halogens is 1. The number of hydrogen-bond donors (Lipinski definition) is 0. The Morgan fingerprint density at radius 3 is 2.59 bits per heavy atom. The van der Waals surface area contributed by atoms with E-state index < -0.39 is 9.84 Å². The Morgan fingerprint density at radius 1 is 1.15 bits per heavy atom. The van der Waals surface area contributed by atoms with Crippen LogP contribution in [-0.4, -0.2) is 26.5 Å². The molecule has 0 radical (unpaired) electrons. The Morgan fingerprint density at radius 2 is 1.93 bits per heavy atom. The quantitative estimate of drug-likeness (QED) is 0.517. The molecule has 0 spiro atoms. The topological polar surface area (TPSA) is 43.4 Å². The summed E-state index contributed by atoms with van der Waals surface area (Å²) in [6.45, 7) is 4.46. The van der Waals surface area contributed by atoms with Crippen molar-refractivity contribution < 1.29 is 13.2 Å². The Balaban J connectivity index is 1.57. The first-order valence-corrected chi connectivity index (χ1v) is 12.0. The van der Waals surface area contributed by atoms with Crippen LogP contribution >= 0.6 is 22.9 Å². The van der Waals surface area contributed by atoms with E-state index >= 15 is 0 Å². The van der Waals surface area contributed by atoms with E-state index in [1.807, 2.05) is 19.1 Å². The molecular formula is C21H21ClO3S2. The van der Waals surface area contributed by atoms with E-state index in [9.17, 15) is 8.42 Å². The summed E-state index contributed by atoms with van der Waals surface area (Å²) in [5.41, 5.74) is 4.37. The van der Waals surface area contributed by atoms with E-state index in [0.29, 0.717) is 12.5 Å². The van der Waals surface area contributed by atoms with Gasteiger partial charge in [0.25, 0.3) is 0 Å². The zero-order valence-electron chi connectivity index (χ0n) is 15.3. The van der Waals surface area contributed by atoms with Crippen LogP contribution in [-0.2, 0) is 15.7 Å². The van der Waals surface area contributed by atoms with Crippen LogP contribution < -0.4 is 4.74 Å². The molecule has 0 atom stereocenters. The molecule has 1 saturated heterocycles. The Hall–Kier alpha value is -1.56. The summed E-state index contributed by atoms with van der Waals surface area (Å²) in [5, 5.41) is 3.41. The van der Waals surface area contributed by atoms with Crippen LogP contribution in [0.5, 0.6) is 5.75 Å². The van der Waals surface area contributed by atoms with Crippen molar-refractivity contribution in [2.24, 2.45) is 5.41 Å². The highest BCUT2D eigenvalue weighted by molar-refractivity contribution is 7.92. The minimum absolute atomic E-state index is 0.209. The van der Waals surface area contributed by atoms with Crippen molar-refractivity contribution in [2.75, 3.05) is 18.1 Å². The minimum Gasteiger partial charge on any atom is -0.493 e. The number of fused-ring (bicyclic) bond motifs is 1. The van der Waals surface area contributed by atoms with Crippen LogP contribution in [0.1, 0.15) is 18.1 Å². The van der Waals surface area contributed by atoms with Gasteiger partial charge in [-0.3, -0.25) is 0 Å². The molecule has 1 fully saturated rings. The standard InChI is InChI=1S/C21H21ClO3S2/c1-14-7-16(25-11-21(2)12-27(23,24)13-21)4-5-17(14)19-10-26-20-6-3-15(9-22)8-18(19)20/h3-8,10H,9,11-13H2,1-2H3. The molecule has 142 valence electrons. The molecule has 2 aromatic carbocycles. The Kier molecular flexibility index (Phi) is 4.73. The minimum atomic E-state index is -2.85. The predicted octanol–water partition coefficient (Wildman–Crippen LogP) is 5.43. The van der Waals surface area contributed by atoms with E-state index in [-0.39, 0.29) is 16.9 Å². The normalized spacial score (nSPS) is 17.6. The number of alkyl halides is 1. The summed E-state index contributed by atoms with van der Waals surface area (Å²) < 4.78 is 30.0. The lowest BCUT2D eigenvalue weighted by molar-refractivity contribution is 0.188. The maximum Gasteiger partial charge on any atom is 0.151 e. The van der Waals surface area contributed by atoms with Gasteiger partial charge in [-0.25, -0.2) is 8.42 Å². The van der Waals surface area contributed by atoms with Gasteiger partial charge in [0.2, 0.25) is 0 Å². The molecule has 1 aromatic heterocycles. The molecule has 1 aliphatic rings.